The van der Waals surface area contributed by atoms with E-state index >= 15 is 0 Å². The Labute approximate surface area is 73.6 Å². The fraction of sp³-hybridized carbons (Fsp3) is 0.778. The minimum Gasteiger partial charge on any atom is -0.305 e. The number of nitrogens with one attached hydrogen (secondary N) is 1. The van der Waals surface area contributed by atoms with Gasteiger partial charge in [-0.05, 0) is 26.7 Å². The molecule has 0 amide bonds. The summed E-state index contributed by atoms with van der Waals surface area (Å²) in [6, 6.07) is 0. The monoisotopic (exact) mass is 171 g/mol. The van der Waals surface area contributed by atoms with E-state index in [1.54, 1.807) is 0 Å². The molecule has 64 valence electrons. The maximum absolute atomic E-state index is 3.46. The smallest absolute Gasteiger partial charge is 0.0535 e. The van der Waals surface area contributed by atoms with E-state index in [1.807, 2.05) is 0 Å². The summed E-state index contributed by atoms with van der Waals surface area (Å²) < 4.78 is 0. The van der Waals surface area contributed by atoms with E-state index in [2.05, 4.69) is 37.0 Å². The molecule has 0 aromatic carbocycles. The van der Waals surface area contributed by atoms with Gasteiger partial charge >= 0.3 is 0 Å². The number of rotatable bonds is 3. The van der Waals surface area contributed by atoms with Crippen molar-refractivity contribution in [3.05, 3.63) is 11.6 Å². The van der Waals surface area contributed by atoms with Crippen LogP contribution in [0.2, 0.25) is 0 Å². The zero-order valence-electron chi connectivity index (χ0n) is 7.39. The first-order valence-electron chi connectivity index (χ1n) is 4.27. The molecule has 0 aliphatic carbocycles. The Bertz CT molecular complexity index is 132. The molecule has 2 heteroatoms. The van der Waals surface area contributed by atoms with Crippen molar-refractivity contribution < 1.29 is 0 Å². The number of hydrogen-bond donors (Lipinski definition) is 1. The van der Waals surface area contributed by atoms with Crippen LogP contribution in [0.4, 0.5) is 0 Å². The van der Waals surface area contributed by atoms with Crippen molar-refractivity contribution >= 4 is 11.8 Å². The standard InChI is InChI=1S/C9H17NS/c1-8(2)4-3-5-9-10-6-7-11-9/h4,9-10H,3,5-7H2,1-2H3. The first-order valence-corrected chi connectivity index (χ1v) is 5.32. The molecule has 1 unspecified atom stereocenters. The quantitative estimate of drug-likeness (QED) is 0.654. The highest BCUT2D eigenvalue weighted by molar-refractivity contribution is 8.00. The number of thioether (sulfide) groups is 1. The van der Waals surface area contributed by atoms with Crippen molar-refractivity contribution in [2.75, 3.05) is 12.3 Å². The van der Waals surface area contributed by atoms with Gasteiger partial charge in [-0.1, -0.05) is 11.6 Å². The van der Waals surface area contributed by atoms with Gasteiger partial charge in [-0.15, -0.1) is 11.8 Å². The summed E-state index contributed by atoms with van der Waals surface area (Å²) >= 11 is 2.05. The van der Waals surface area contributed by atoms with Crippen molar-refractivity contribution in [3.8, 4) is 0 Å². The summed E-state index contributed by atoms with van der Waals surface area (Å²) in [7, 11) is 0. The van der Waals surface area contributed by atoms with Gasteiger partial charge in [0, 0.05) is 12.3 Å². The van der Waals surface area contributed by atoms with E-state index < -0.39 is 0 Å². The van der Waals surface area contributed by atoms with Gasteiger partial charge in [0.2, 0.25) is 0 Å². The van der Waals surface area contributed by atoms with Gasteiger partial charge in [-0.25, -0.2) is 0 Å². The lowest BCUT2D eigenvalue weighted by molar-refractivity contribution is 0.665. The summed E-state index contributed by atoms with van der Waals surface area (Å²) in [6.07, 6.45) is 4.84. The van der Waals surface area contributed by atoms with Crippen LogP contribution in [0.25, 0.3) is 0 Å². The van der Waals surface area contributed by atoms with Crippen LogP contribution >= 0.6 is 11.8 Å². The molecular weight excluding hydrogens is 154 g/mol. The third-order valence-electron chi connectivity index (χ3n) is 1.77. The van der Waals surface area contributed by atoms with Crippen molar-refractivity contribution in [3.63, 3.8) is 0 Å². The van der Waals surface area contributed by atoms with Gasteiger partial charge in [0.1, 0.15) is 0 Å². The summed E-state index contributed by atoms with van der Waals surface area (Å²) in [5.41, 5.74) is 1.44. The van der Waals surface area contributed by atoms with Crippen molar-refractivity contribution in [2.24, 2.45) is 0 Å². The fourth-order valence-corrected chi connectivity index (χ4v) is 2.25. The van der Waals surface area contributed by atoms with E-state index in [0.29, 0.717) is 0 Å². The Morgan fingerprint density at radius 3 is 3.00 bits per heavy atom. The van der Waals surface area contributed by atoms with Crippen LogP contribution in [0.3, 0.4) is 0 Å². The third-order valence-corrected chi connectivity index (χ3v) is 3.02. The number of allylic oxidation sites excluding steroid dienone is 2. The average Bonchev–Trinajstić information content (AvgIpc) is 2.39. The molecule has 0 spiro atoms. The minimum absolute atomic E-state index is 0.727. The summed E-state index contributed by atoms with van der Waals surface area (Å²) in [5, 5.41) is 4.19. The second kappa shape index (κ2) is 4.83. The lowest BCUT2D eigenvalue weighted by Gasteiger charge is -2.06. The van der Waals surface area contributed by atoms with Crippen molar-refractivity contribution in [1.82, 2.24) is 5.32 Å². The molecule has 0 radical (unpaired) electrons. The molecule has 0 saturated carbocycles. The van der Waals surface area contributed by atoms with E-state index in [9.17, 15) is 0 Å². The van der Waals surface area contributed by atoms with Gasteiger partial charge in [0.15, 0.2) is 0 Å². The van der Waals surface area contributed by atoms with Gasteiger partial charge in [-0.3, -0.25) is 0 Å². The summed E-state index contributed by atoms with van der Waals surface area (Å²) in [5.74, 6) is 1.29. The topological polar surface area (TPSA) is 12.0 Å². The molecule has 1 aliphatic rings. The van der Waals surface area contributed by atoms with Crippen LogP contribution in [0.15, 0.2) is 11.6 Å². The van der Waals surface area contributed by atoms with Crippen LogP contribution in [0.1, 0.15) is 26.7 Å². The highest BCUT2D eigenvalue weighted by Crippen LogP contribution is 2.18. The maximum Gasteiger partial charge on any atom is 0.0535 e. The van der Waals surface area contributed by atoms with Gasteiger partial charge < -0.3 is 5.32 Å². The van der Waals surface area contributed by atoms with Crippen LogP contribution in [0, 0.1) is 0 Å². The highest BCUT2D eigenvalue weighted by Gasteiger charge is 2.12. The zero-order valence-corrected chi connectivity index (χ0v) is 8.21. The molecule has 1 atom stereocenters. The molecule has 1 N–H and O–H groups in total. The van der Waals surface area contributed by atoms with Crippen LogP contribution in [0.5, 0.6) is 0 Å². The molecule has 1 saturated heterocycles. The Balaban J connectivity index is 2.07. The third kappa shape index (κ3) is 3.82. The van der Waals surface area contributed by atoms with Crippen LogP contribution in [-0.4, -0.2) is 17.7 Å². The van der Waals surface area contributed by atoms with E-state index in [4.69, 9.17) is 0 Å². The summed E-state index contributed by atoms with van der Waals surface area (Å²) in [4.78, 5) is 0. The molecule has 11 heavy (non-hydrogen) atoms. The molecule has 0 bridgehead atoms. The Hall–Kier alpha value is 0.0500. The maximum atomic E-state index is 3.46. The second-order valence-corrected chi connectivity index (χ2v) is 4.48. The number of hydrogen-bond acceptors (Lipinski definition) is 2. The van der Waals surface area contributed by atoms with E-state index in [0.717, 1.165) is 5.37 Å². The predicted molar refractivity (Wildman–Crippen MR) is 52.9 cm³/mol. The molecule has 0 aromatic heterocycles. The first kappa shape index (κ1) is 9.14. The lowest BCUT2D eigenvalue weighted by atomic mass is 10.2. The molecule has 1 fully saturated rings. The predicted octanol–water partition coefficient (Wildman–Crippen LogP) is 2.40. The average molecular weight is 171 g/mol. The first-order chi connectivity index (χ1) is 5.29. The molecule has 1 nitrogen and oxygen atoms in total. The Kier molecular flexibility index (Phi) is 4.02. The second-order valence-electron chi connectivity index (χ2n) is 3.17. The van der Waals surface area contributed by atoms with E-state index in [1.165, 1.54) is 30.7 Å². The summed E-state index contributed by atoms with van der Waals surface area (Å²) in [6.45, 7) is 5.52. The SMILES string of the molecule is CC(C)=CCCC1NCCS1. The highest BCUT2D eigenvalue weighted by atomic mass is 32.2. The molecule has 0 aromatic rings. The van der Waals surface area contributed by atoms with Crippen molar-refractivity contribution in [2.45, 2.75) is 32.1 Å². The van der Waals surface area contributed by atoms with Gasteiger partial charge in [0.05, 0.1) is 5.37 Å². The van der Waals surface area contributed by atoms with E-state index in [-0.39, 0.29) is 0 Å². The minimum atomic E-state index is 0.727. The molecule has 1 heterocycles. The van der Waals surface area contributed by atoms with Gasteiger partial charge in [0.25, 0.3) is 0 Å². The molecular formula is C9H17NS. The van der Waals surface area contributed by atoms with Crippen molar-refractivity contribution in [1.29, 1.82) is 0 Å². The van der Waals surface area contributed by atoms with Gasteiger partial charge in [-0.2, -0.15) is 0 Å². The Morgan fingerprint density at radius 2 is 2.45 bits per heavy atom. The Morgan fingerprint density at radius 1 is 1.64 bits per heavy atom. The lowest BCUT2D eigenvalue weighted by Crippen LogP contribution is -2.18. The largest absolute Gasteiger partial charge is 0.305 e. The normalized spacial score (nSPS) is 23.6. The fourth-order valence-electron chi connectivity index (χ4n) is 1.19. The van der Waals surface area contributed by atoms with Crippen LogP contribution in [-0.2, 0) is 0 Å². The van der Waals surface area contributed by atoms with Crippen LogP contribution < -0.4 is 5.32 Å². The molecule has 1 aliphatic heterocycles. The molecule has 1 rings (SSSR count). The zero-order chi connectivity index (χ0) is 8.10.